The summed E-state index contributed by atoms with van der Waals surface area (Å²) in [5.74, 6) is 0. The predicted octanol–water partition coefficient (Wildman–Crippen LogP) is 1.15. The molecule has 0 aromatic rings. The van der Waals surface area contributed by atoms with E-state index < -0.39 is 0 Å². The van der Waals surface area contributed by atoms with Gasteiger partial charge >= 0.3 is 0 Å². The van der Waals surface area contributed by atoms with Crippen molar-refractivity contribution in [3.05, 3.63) is 11.8 Å². The highest BCUT2D eigenvalue weighted by Gasteiger charge is 1.86. The number of nitrogens with one attached hydrogen (secondary N) is 1. The van der Waals surface area contributed by atoms with Crippen molar-refractivity contribution >= 4 is 15.7 Å². The molecule has 0 aliphatic heterocycles. The molecule has 0 fully saturated rings. The summed E-state index contributed by atoms with van der Waals surface area (Å²) in [6, 6.07) is 1.30. The Kier molecular flexibility index (Phi) is 4.55. The van der Waals surface area contributed by atoms with Gasteiger partial charge in [0.15, 0.2) is 0 Å². The van der Waals surface area contributed by atoms with E-state index >= 15 is 0 Å². The molecule has 0 unspecified atom stereocenters. The van der Waals surface area contributed by atoms with Gasteiger partial charge in [0, 0.05) is 6.21 Å². The maximum atomic E-state index is 6.80. The Morgan fingerprint density at radius 2 is 2.50 bits per heavy atom. The van der Waals surface area contributed by atoms with E-state index in [1.165, 1.54) is 18.7 Å². The van der Waals surface area contributed by atoms with E-state index in [2.05, 4.69) is 13.5 Å². The molecule has 1 N–H and O–H groups in total. The van der Waals surface area contributed by atoms with Gasteiger partial charge in [0.25, 0.3) is 0 Å². The summed E-state index contributed by atoms with van der Waals surface area (Å²) in [4.78, 5) is 0. The lowest BCUT2D eigenvalue weighted by molar-refractivity contribution is 1.08. The van der Waals surface area contributed by atoms with Crippen LogP contribution in [0, 0.1) is 5.41 Å². The van der Waals surface area contributed by atoms with Gasteiger partial charge in [0.2, 0.25) is 0 Å². The van der Waals surface area contributed by atoms with Gasteiger partial charge in [-0.05, 0) is 0 Å². The zero-order chi connectivity index (χ0) is 6.41. The summed E-state index contributed by atoms with van der Waals surface area (Å²) in [5, 5.41) is 7.87. The van der Waals surface area contributed by atoms with Crippen molar-refractivity contribution in [3.8, 4) is 0 Å². The van der Waals surface area contributed by atoms with Crippen LogP contribution in [0.2, 0.25) is 6.04 Å². The Hall–Kier alpha value is -0.373. The van der Waals surface area contributed by atoms with Crippen LogP contribution in [-0.4, -0.2) is 15.7 Å². The first kappa shape index (κ1) is 7.63. The van der Waals surface area contributed by atoms with Crippen LogP contribution in [0.25, 0.3) is 0 Å². The first-order valence-electron chi connectivity index (χ1n) is 2.99. The van der Waals surface area contributed by atoms with E-state index in [-0.39, 0.29) is 9.52 Å². The number of rotatable bonds is 4. The van der Waals surface area contributed by atoms with Crippen LogP contribution in [0.15, 0.2) is 11.8 Å². The van der Waals surface area contributed by atoms with E-state index in [1.807, 2.05) is 0 Å². The molecule has 0 atom stereocenters. The van der Waals surface area contributed by atoms with Crippen molar-refractivity contribution in [3.63, 3.8) is 0 Å². The molecule has 46 valence electrons. The molecule has 0 aromatic carbocycles. The zero-order valence-electron chi connectivity index (χ0n) is 5.41. The van der Waals surface area contributed by atoms with Gasteiger partial charge in [-0.25, -0.2) is 0 Å². The molecule has 1 nitrogen and oxygen atoms in total. The molecule has 0 aliphatic rings. The minimum absolute atomic E-state index is 0.102. The second kappa shape index (κ2) is 4.78. The molecule has 0 heterocycles. The van der Waals surface area contributed by atoms with Crippen LogP contribution in [0.3, 0.4) is 0 Å². The Bertz CT molecular complexity index is 88.5. The molecule has 0 saturated carbocycles. The van der Waals surface area contributed by atoms with Crippen LogP contribution in [-0.2, 0) is 0 Å². The van der Waals surface area contributed by atoms with Crippen LogP contribution in [0.5, 0.6) is 0 Å². The van der Waals surface area contributed by atoms with Gasteiger partial charge < -0.3 is 5.41 Å². The molecule has 0 spiro atoms. The Morgan fingerprint density at radius 3 is 2.88 bits per heavy atom. The number of allylic oxidation sites excluding steroid dienone is 1. The highest BCUT2D eigenvalue weighted by molar-refractivity contribution is 6.51. The fraction of sp³-hybridized carbons (Fsp3) is 0.500. The van der Waals surface area contributed by atoms with Crippen molar-refractivity contribution < 1.29 is 0 Å². The van der Waals surface area contributed by atoms with Gasteiger partial charge in [-0.3, -0.25) is 0 Å². The van der Waals surface area contributed by atoms with Gasteiger partial charge in [0.05, 0.1) is 9.52 Å². The minimum atomic E-state index is -0.102. The fourth-order valence-electron chi connectivity index (χ4n) is 0.476. The van der Waals surface area contributed by atoms with Gasteiger partial charge in [-0.15, -0.1) is 0 Å². The van der Waals surface area contributed by atoms with Crippen LogP contribution >= 0.6 is 0 Å². The molecule has 2 heteroatoms. The first-order valence-corrected chi connectivity index (χ1v) is 4.70. The summed E-state index contributed by atoms with van der Waals surface area (Å²) in [6.45, 7) is 5.90. The largest absolute Gasteiger partial charge is 0.309 e. The number of hydrogen-bond acceptors (Lipinski definition) is 1. The zero-order valence-corrected chi connectivity index (χ0v) is 6.82. The lowest BCUT2D eigenvalue weighted by Crippen LogP contribution is -1.93. The monoisotopic (exact) mass is 127 g/mol. The molecule has 0 amide bonds. The molecule has 0 aromatic heterocycles. The van der Waals surface area contributed by atoms with Crippen LogP contribution in [0.4, 0.5) is 0 Å². The lowest BCUT2D eigenvalue weighted by atomic mass is 10.6. The normalized spacial score (nSPS) is 10.1. The lowest BCUT2D eigenvalue weighted by Gasteiger charge is -1.91. The molecule has 0 bridgehead atoms. The molecule has 0 aliphatic carbocycles. The summed E-state index contributed by atoms with van der Waals surface area (Å²) in [7, 11) is -0.102. The SMILES string of the molecule is C=C(C=N)[SiH2]CCC. The van der Waals surface area contributed by atoms with Crippen molar-refractivity contribution in [2.45, 2.75) is 19.4 Å². The third-order valence-electron chi connectivity index (χ3n) is 1.06. The quantitative estimate of drug-likeness (QED) is 0.433. The molecule has 0 saturated heterocycles. The van der Waals surface area contributed by atoms with E-state index in [0.717, 1.165) is 5.20 Å². The summed E-state index contributed by atoms with van der Waals surface area (Å²) >= 11 is 0. The molecule has 8 heavy (non-hydrogen) atoms. The Balaban J connectivity index is 3.11. The highest BCUT2D eigenvalue weighted by Crippen LogP contribution is 1.90. The Morgan fingerprint density at radius 1 is 1.88 bits per heavy atom. The third-order valence-corrected chi connectivity index (χ3v) is 2.96. The van der Waals surface area contributed by atoms with Crippen molar-refractivity contribution in [1.82, 2.24) is 0 Å². The molecular formula is C6H13NSi. The first-order chi connectivity index (χ1) is 3.81. The van der Waals surface area contributed by atoms with Crippen LogP contribution in [0.1, 0.15) is 13.3 Å². The Labute approximate surface area is 53.1 Å². The highest BCUT2D eigenvalue weighted by atomic mass is 28.2. The third kappa shape index (κ3) is 3.80. The standard InChI is InChI=1S/C6H13NSi/c1-3-4-8-6(2)5-7/h5,7H,2-4,8H2,1H3. The average molecular weight is 127 g/mol. The summed E-state index contributed by atoms with van der Waals surface area (Å²) in [5.41, 5.74) is 0. The van der Waals surface area contributed by atoms with E-state index in [9.17, 15) is 0 Å². The maximum absolute atomic E-state index is 6.80. The smallest absolute Gasteiger partial charge is 0.0559 e. The van der Waals surface area contributed by atoms with Crippen molar-refractivity contribution in [2.24, 2.45) is 0 Å². The second-order valence-electron chi connectivity index (χ2n) is 1.91. The number of hydrogen-bond donors (Lipinski definition) is 1. The van der Waals surface area contributed by atoms with Gasteiger partial charge in [-0.2, -0.15) is 0 Å². The predicted molar refractivity (Wildman–Crippen MR) is 41.6 cm³/mol. The average Bonchev–Trinajstić information content (AvgIpc) is 1.83. The molecular weight excluding hydrogens is 114 g/mol. The van der Waals surface area contributed by atoms with E-state index in [1.54, 1.807) is 0 Å². The van der Waals surface area contributed by atoms with Gasteiger partial charge in [0.1, 0.15) is 0 Å². The topological polar surface area (TPSA) is 23.9 Å². The van der Waals surface area contributed by atoms with Crippen LogP contribution < -0.4 is 0 Å². The maximum Gasteiger partial charge on any atom is 0.0559 e. The van der Waals surface area contributed by atoms with Gasteiger partial charge in [-0.1, -0.05) is 31.2 Å². The van der Waals surface area contributed by atoms with E-state index in [0.29, 0.717) is 0 Å². The fourth-order valence-corrected chi connectivity index (χ4v) is 1.43. The van der Waals surface area contributed by atoms with Crippen molar-refractivity contribution in [1.29, 1.82) is 5.41 Å². The van der Waals surface area contributed by atoms with Crippen molar-refractivity contribution in [2.75, 3.05) is 0 Å². The minimum Gasteiger partial charge on any atom is -0.309 e. The molecule has 0 radical (unpaired) electrons. The molecule has 0 rings (SSSR count). The van der Waals surface area contributed by atoms with E-state index in [4.69, 9.17) is 5.41 Å². The summed E-state index contributed by atoms with van der Waals surface area (Å²) < 4.78 is 0. The second-order valence-corrected chi connectivity index (χ2v) is 4.02. The summed E-state index contributed by atoms with van der Waals surface area (Å²) in [6.07, 6.45) is 2.64.